The van der Waals surface area contributed by atoms with Gasteiger partial charge < -0.3 is 20.3 Å². The fourth-order valence-electron chi connectivity index (χ4n) is 4.05. The van der Waals surface area contributed by atoms with Crippen molar-refractivity contribution in [3.05, 3.63) is 71.8 Å². The van der Waals surface area contributed by atoms with Crippen molar-refractivity contribution < 1.29 is 14.3 Å². The maximum Gasteiger partial charge on any atom is 0.244 e. The number of amides is 2. The Labute approximate surface area is 209 Å². The van der Waals surface area contributed by atoms with Gasteiger partial charge in [-0.25, -0.2) is 0 Å². The van der Waals surface area contributed by atoms with E-state index in [4.69, 9.17) is 4.74 Å². The number of hydrogen-bond acceptors (Lipinski definition) is 5. The minimum absolute atomic E-state index is 0.161. The zero-order chi connectivity index (χ0) is 24.9. The first kappa shape index (κ1) is 26.4. The van der Waals surface area contributed by atoms with E-state index in [1.807, 2.05) is 24.3 Å². The van der Waals surface area contributed by atoms with E-state index in [1.54, 1.807) is 20.1 Å². The highest BCUT2D eigenvalue weighted by molar-refractivity contribution is 5.95. The summed E-state index contributed by atoms with van der Waals surface area (Å²) < 4.78 is 5.12. The number of rotatable bonds is 12. The van der Waals surface area contributed by atoms with Crippen molar-refractivity contribution in [3.63, 3.8) is 0 Å². The average Bonchev–Trinajstić information content (AvgIpc) is 2.89. The molecule has 35 heavy (non-hydrogen) atoms. The lowest BCUT2D eigenvalue weighted by Crippen LogP contribution is -2.46. The van der Waals surface area contributed by atoms with E-state index in [1.165, 1.54) is 11.6 Å². The Morgan fingerprint density at radius 3 is 2.34 bits per heavy atom. The summed E-state index contributed by atoms with van der Waals surface area (Å²) in [6.07, 6.45) is 5.12. The molecule has 1 fully saturated rings. The SMILES string of the molecule is COc1ccc(C=CC(=O)NC(C)C(=O)NCCCCN2CCN(Cc3ccccc3)CC2)cc1. The number of hydrogen-bond donors (Lipinski definition) is 2. The van der Waals surface area contributed by atoms with E-state index in [9.17, 15) is 9.59 Å². The number of piperazine rings is 1. The predicted octanol–water partition coefficient (Wildman–Crippen LogP) is 2.93. The Morgan fingerprint density at radius 1 is 0.971 bits per heavy atom. The smallest absolute Gasteiger partial charge is 0.244 e. The van der Waals surface area contributed by atoms with Crippen molar-refractivity contribution in [3.8, 4) is 5.75 Å². The second-order valence-corrected chi connectivity index (χ2v) is 8.94. The molecule has 0 radical (unpaired) electrons. The Kier molecular flexibility index (Phi) is 10.8. The van der Waals surface area contributed by atoms with Gasteiger partial charge in [-0.3, -0.25) is 14.5 Å². The molecule has 3 rings (SSSR count). The summed E-state index contributed by atoms with van der Waals surface area (Å²) >= 11 is 0. The average molecular weight is 479 g/mol. The van der Waals surface area contributed by atoms with E-state index in [2.05, 4.69) is 50.8 Å². The third-order valence-corrected chi connectivity index (χ3v) is 6.21. The van der Waals surface area contributed by atoms with Gasteiger partial charge >= 0.3 is 0 Å². The van der Waals surface area contributed by atoms with Crippen LogP contribution in [0.4, 0.5) is 0 Å². The van der Waals surface area contributed by atoms with E-state index >= 15 is 0 Å². The fourth-order valence-corrected chi connectivity index (χ4v) is 4.05. The van der Waals surface area contributed by atoms with Gasteiger partial charge in [0.1, 0.15) is 11.8 Å². The fraction of sp³-hybridized carbons (Fsp3) is 0.429. The Hall–Kier alpha value is -3.16. The van der Waals surface area contributed by atoms with E-state index in [0.717, 1.165) is 63.4 Å². The van der Waals surface area contributed by atoms with Gasteiger partial charge in [0.25, 0.3) is 0 Å². The Morgan fingerprint density at radius 2 is 1.66 bits per heavy atom. The molecule has 7 heteroatoms. The van der Waals surface area contributed by atoms with E-state index in [0.29, 0.717) is 6.54 Å². The zero-order valence-corrected chi connectivity index (χ0v) is 20.9. The van der Waals surface area contributed by atoms with Crippen LogP contribution in [-0.4, -0.2) is 74.0 Å². The highest BCUT2D eigenvalue weighted by atomic mass is 16.5. The standard InChI is InChI=1S/C28H38N4O3/c1-23(30-27(33)15-12-24-10-13-26(35-2)14-11-24)28(34)29-16-6-7-17-31-18-20-32(21-19-31)22-25-8-4-3-5-9-25/h3-5,8-15,23H,6-7,16-22H2,1-2H3,(H,29,34)(H,30,33). The van der Waals surface area contributed by atoms with Crippen molar-refractivity contribution >= 4 is 17.9 Å². The van der Waals surface area contributed by atoms with Crippen LogP contribution in [0, 0.1) is 0 Å². The molecule has 1 aliphatic heterocycles. The quantitative estimate of drug-likeness (QED) is 0.363. The predicted molar refractivity (Wildman–Crippen MR) is 140 cm³/mol. The van der Waals surface area contributed by atoms with Crippen LogP contribution < -0.4 is 15.4 Å². The van der Waals surface area contributed by atoms with Gasteiger partial charge in [0.05, 0.1) is 7.11 Å². The Bertz CT molecular complexity index is 938. The highest BCUT2D eigenvalue weighted by Gasteiger charge is 2.17. The number of unbranched alkanes of at least 4 members (excludes halogenated alkanes) is 1. The summed E-state index contributed by atoms with van der Waals surface area (Å²) in [6.45, 7) is 8.76. The molecule has 0 aliphatic carbocycles. The number of ether oxygens (including phenoxy) is 1. The van der Waals surface area contributed by atoms with Crippen molar-refractivity contribution in [1.29, 1.82) is 0 Å². The lowest BCUT2D eigenvalue weighted by molar-refractivity contribution is -0.126. The third kappa shape index (κ3) is 9.54. The molecule has 1 unspecified atom stereocenters. The van der Waals surface area contributed by atoms with Crippen LogP contribution >= 0.6 is 0 Å². The summed E-state index contributed by atoms with van der Waals surface area (Å²) in [5.74, 6) is 0.305. The van der Waals surface area contributed by atoms with Crippen LogP contribution in [0.1, 0.15) is 30.9 Å². The number of carbonyl (C=O) groups excluding carboxylic acids is 2. The maximum absolute atomic E-state index is 12.3. The molecule has 0 saturated carbocycles. The van der Waals surface area contributed by atoms with Gasteiger partial charge in [-0.05, 0) is 55.6 Å². The molecular weight excluding hydrogens is 440 g/mol. The van der Waals surface area contributed by atoms with Crippen LogP contribution in [0.2, 0.25) is 0 Å². The molecule has 2 aromatic carbocycles. The van der Waals surface area contributed by atoms with Gasteiger partial charge in [-0.15, -0.1) is 0 Å². The molecule has 7 nitrogen and oxygen atoms in total. The van der Waals surface area contributed by atoms with Crippen LogP contribution in [-0.2, 0) is 16.1 Å². The molecule has 0 aromatic heterocycles. The number of carbonyl (C=O) groups is 2. The molecule has 2 aromatic rings. The summed E-state index contributed by atoms with van der Waals surface area (Å²) in [6, 6.07) is 17.4. The molecule has 1 atom stereocenters. The molecule has 1 heterocycles. The lowest BCUT2D eigenvalue weighted by atomic mass is 10.2. The summed E-state index contributed by atoms with van der Waals surface area (Å²) in [5.41, 5.74) is 2.26. The molecular formula is C28H38N4O3. The highest BCUT2D eigenvalue weighted by Crippen LogP contribution is 2.12. The first-order valence-corrected chi connectivity index (χ1v) is 12.4. The molecule has 1 aliphatic rings. The van der Waals surface area contributed by atoms with Crippen molar-refractivity contribution in [2.24, 2.45) is 0 Å². The first-order valence-electron chi connectivity index (χ1n) is 12.4. The van der Waals surface area contributed by atoms with E-state index < -0.39 is 6.04 Å². The number of methoxy groups -OCH3 is 1. The Balaban J connectivity index is 1.24. The van der Waals surface area contributed by atoms with Crippen molar-refractivity contribution in [1.82, 2.24) is 20.4 Å². The topological polar surface area (TPSA) is 73.9 Å². The van der Waals surface area contributed by atoms with Gasteiger partial charge in [0, 0.05) is 45.3 Å². The zero-order valence-electron chi connectivity index (χ0n) is 20.9. The lowest BCUT2D eigenvalue weighted by Gasteiger charge is -2.34. The first-order chi connectivity index (χ1) is 17.0. The number of nitrogens with zero attached hydrogens (tertiary/aromatic N) is 2. The van der Waals surface area contributed by atoms with E-state index in [-0.39, 0.29) is 11.8 Å². The van der Waals surface area contributed by atoms with Gasteiger partial charge in [0.2, 0.25) is 11.8 Å². The molecule has 188 valence electrons. The molecule has 2 N–H and O–H groups in total. The van der Waals surface area contributed by atoms with Crippen molar-refractivity contribution in [2.45, 2.75) is 32.4 Å². The largest absolute Gasteiger partial charge is 0.497 e. The van der Waals surface area contributed by atoms with Crippen LogP contribution in [0.5, 0.6) is 5.75 Å². The number of benzene rings is 2. The minimum Gasteiger partial charge on any atom is -0.497 e. The summed E-state index contributed by atoms with van der Waals surface area (Å²) in [7, 11) is 1.61. The monoisotopic (exact) mass is 478 g/mol. The summed E-state index contributed by atoms with van der Waals surface area (Å²) in [5, 5.41) is 5.64. The minimum atomic E-state index is -0.583. The van der Waals surface area contributed by atoms with Gasteiger partial charge in [-0.2, -0.15) is 0 Å². The van der Waals surface area contributed by atoms with Crippen LogP contribution in [0.25, 0.3) is 6.08 Å². The summed E-state index contributed by atoms with van der Waals surface area (Å²) in [4.78, 5) is 29.4. The van der Waals surface area contributed by atoms with Crippen LogP contribution in [0.3, 0.4) is 0 Å². The molecule has 1 saturated heterocycles. The van der Waals surface area contributed by atoms with Crippen molar-refractivity contribution in [2.75, 3.05) is 46.4 Å². The van der Waals surface area contributed by atoms with Gasteiger partial charge in [0.15, 0.2) is 0 Å². The normalized spacial score (nSPS) is 15.6. The molecule has 0 spiro atoms. The van der Waals surface area contributed by atoms with Gasteiger partial charge in [-0.1, -0.05) is 42.5 Å². The van der Waals surface area contributed by atoms with Crippen LogP contribution in [0.15, 0.2) is 60.7 Å². The molecule has 0 bridgehead atoms. The maximum atomic E-state index is 12.3. The molecule has 2 amide bonds. The third-order valence-electron chi connectivity index (χ3n) is 6.21. The second-order valence-electron chi connectivity index (χ2n) is 8.94. The number of nitrogens with one attached hydrogen (secondary N) is 2. The second kappa shape index (κ2) is 14.3.